The van der Waals surface area contributed by atoms with Crippen molar-refractivity contribution in [2.45, 2.75) is 78.6 Å². The highest BCUT2D eigenvalue weighted by Crippen LogP contribution is 2.34. The molecule has 1 aliphatic rings. The van der Waals surface area contributed by atoms with Crippen LogP contribution in [0.1, 0.15) is 69.7 Å². The first kappa shape index (κ1) is 37.2. The molecule has 1 unspecified atom stereocenters. The van der Waals surface area contributed by atoms with Crippen molar-refractivity contribution >= 4 is 58.6 Å². The maximum Gasteiger partial charge on any atom is 0.207 e. The number of aliphatic hydroxyl groups excluding tert-OH is 2. The number of halogens is 2. The van der Waals surface area contributed by atoms with E-state index >= 15 is 0 Å². The molecular weight excluding hydrogens is 595 g/mol. The molecule has 3 rings (SSSR count). The van der Waals surface area contributed by atoms with Gasteiger partial charge in [0.25, 0.3) is 0 Å². The lowest BCUT2D eigenvalue weighted by molar-refractivity contribution is -0.109. The van der Waals surface area contributed by atoms with Crippen molar-refractivity contribution in [1.29, 1.82) is 0 Å². The minimum absolute atomic E-state index is 0.139. The van der Waals surface area contributed by atoms with Gasteiger partial charge < -0.3 is 20.4 Å². The third-order valence-electron chi connectivity index (χ3n) is 6.10. The molecule has 0 radical (unpaired) electrons. The zero-order valence-electron chi connectivity index (χ0n) is 24.7. The summed E-state index contributed by atoms with van der Waals surface area (Å²) in [6, 6.07) is 13.8. The Morgan fingerprint density at radius 2 is 1.90 bits per heavy atom. The Balaban J connectivity index is 0.000000374. The van der Waals surface area contributed by atoms with Gasteiger partial charge in [-0.1, -0.05) is 92.1 Å². The molecule has 1 fully saturated rings. The lowest BCUT2D eigenvalue weighted by Crippen LogP contribution is -2.42. The highest BCUT2D eigenvalue weighted by molar-refractivity contribution is 8.05. The Morgan fingerprint density at radius 1 is 1.24 bits per heavy atom. The van der Waals surface area contributed by atoms with Crippen molar-refractivity contribution in [3.05, 3.63) is 91.7 Å². The Kier molecular flexibility index (Phi) is 18.2. The number of amides is 1. The average Bonchev–Trinajstić information content (AvgIpc) is 3.43. The molecule has 1 saturated heterocycles. The number of thioether (sulfide) groups is 1. The van der Waals surface area contributed by atoms with Crippen LogP contribution in [-0.2, 0) is 11.2 Å². The molecule has 1 heterocycles. The van der Waals surface area contributed by atoms with E-state index in [1.807, 2.05) is 41.3 Å². The van der Waals surface area contributed by atoms with Gasteiger partial charge in [0, 0.05) is 28.0 Å². The van der Waals surface area contributed by atoms with Crippen molar-refractivity contribution in [3.63, 3.8) is 0 Å². The van der Waals surface area contributed by atoms with E-state index in [1.165, 1.54) is 29.3 Å². The summed E-state index contributed by atoms with van der Waals surface area (Å²) >= 11 is 19.1. The van der Waals surface area contributed by atoms with Crippen molar-refractivity contribution in [3.8, 4) is 0 Å². The number of benzene rings is 2. The first-order valence-electron chi connectivity index (χ1n) is 13.8. The normalized spacial score (nSPS) is 16.0. The van der Waals surface area contributed by atoms with E-state index in [4.69, 9.17) is 35.4 Å². The van der Waals surface area contributed by atoms with Crippen LogP contribution in [0, 0.1) is 6.92 Å². The van der Waals surface area contributed by atoms with Gasteiger partial charge in [-0.05, 0) is 80.3 Å². The standard InChI is InChI=1S/C15H18ClNOS.C14H18ClNO2S.C3H8/c1-11(9-19-13(3)8-17-10-18)7-14-12(2)5-4-6-15(14)16;1-9(17)13(18)14(19)16-7-3-6-12(16)10-4-2-5-11(15)8-10;1-3-2/h4-6,9-10H,3,7-8H2,1-2H3,(H,17,18);2,4-5,8-9,12-13,17-18H,3,6-7H2,1H3;3H2,1-2H3/b11-9+;;/t;9-,12?,13+;/m.0./s1. The lowest BCUT2D eigenvalue weighted by Gasteiger charge is -2.31. The van der Waals surface area contributed by atoms with Gasteiger partial charge in [-0.3, -0.25) is 4.79 Å². The maximum atomic E-state index is 10.2. The number of rotatable bonds is 10. The molecule has 1 aliphatic heterocycles. The zero-order valence-corrected chi connectivity index (χ0v) is 27.8. The van der Waals surface area contributed by atoms with Crippen LogP contribution in [0.3, 0.4) is 0 Å². The molecule has 5 nitrogen and oxygen atoms in total. The van der Waals surface area contributed by atoms with E-state index in [1.54, 1.807) is 6.92 Å². The van der Waals surface area contributed by atoms with E-state index in [9.17, 15) is 15.0 Å². The minimum atomic E-state index is -0.991. The first-order valence-corrected chi connectivity index (χ1v) is 15.8. The van der Waals surface area contributed by atoms with Gasteiger partial charge in [0.15, 0.2) is 0 Å². The van der Waals surface area contributed by atoms with Crippen LogP contribution in [0.4, 0.5) is 0 Å². The zero-order chi connectivity index (χ0) is 30.9. The summed E-state index contributed by atoms with van der Waals surface area (Å²) in [5.74, 6) is 0. The summed E-state index contributed by atoms with van der Waals surface area (Å²) in [4.78, 5) is 13.5. The predicted octanol–water partition coefficient (Wildman–Crippen LogP) is 8.05. The highest BCUT2D eigenvalue weighted by Gasteiger charge is 2.32. The Bertz CT molecular complexity index is 1140. The van der Waals surface area contributed by atoms with E-state index in [2.05, 4.69) is 51.1 Å². The fourth-order valence-corrected chi connectivity index (χ4v) is 5.58. The molecular formula is C32H44Cl2N2O3S2. The number of nitrogens with one attached hydrogen (secondary N) is 1. The SMILES string of the molecule is C=C(CNC=O)S/C=C(\C)Cc1c(C)cccc1Cl.CCC.C[C@H](O)[C@@H](O)C(=S)N1CCCC1c1cccc(Cl)c1. The number of likely N-dealkylation sites (tertiary alicyclic amines) is 1. The summed E-state index contributed by atoms with van der Waals surface area (Å²) in [6.45, 7) is 15.1. The maximum absolute atomic E-state index is 10.2. The number of carbonyl (C=O) groups is 1. The lowest BCUT2D eigenvalue weighted by atomic mass is 10.0. The third-order valence-corrected chi connectivity index (χ3v) is 8.16. The molecule has 2 aromatic carbocycles. The topological polar surface area (TPSA) is 72.8 Å². The number of hydrogen-bond acceptors (Lipinski definition) is 5. The van der Waals surface area contributed by atoms with Crippen molar-refractivity contribution in [2.75, 3.05) is 13.1 Å². The molecule has 0 spiro atoms. The Hall–Kier alpha value is -1.87. The van der Waals surface area contributed by atoms with Gasteiger partial charge in [-0.25, -0.2) is 0 Å². The summed E-state index contributed by atoms with van der Waals surface area (Å²) in [7, 11) is 0. The molecule has 41 heavy (non-hydrogen) atoms. The number of allylic oxidation sites excluding steroid dienone is 1. The van der Waals surface area contributed by atoms with Gasteiger partial charge >= 0.3 is 0 Å². The number of thiocarbonyl (C=S) groups is 1. The van der Waals surface area contributed by atoms with Gasteiger partial charge in [0.05, 0.1) is 12.1 Å². The van der Waals surface area contributed by atoms with Crippen LogP contribution < -0.4 is 5.32 Å². The summed E-state index contributed by atoms with van der Waals surface area (Å²) in [5, 5.41) is 25.5. The second-order valence-electron chi connectivity index (χ2n) is 9.97. The molecule has 2 aromatic rings. The smallest absolute Gasteiger partial charge is 0.207 e. The molecule has 3 atom stereocenters. The fourth-order valence-electron chi connectivity index (χ4n) is 4.06. The van der Waals surface area contributed by atoms with Crippen LogP contribution in [0.15, 0.2) is 64.9 Å². The van der Waals surface area contributed by atoms with Crippen molar-refractivity contribution in [2.24, 2.45) is 0 Å². The molecule has 226 valence electrons. The van der Waals surface area contributed by atoms with Crippen LogP contribution in [0.2, 0.25) is 10.0 Å². The van der Waals surface area contributed by atoms with E-state index < -0.39 is 12.2 Å². The van der Waals surface area contributed by atoms with Crippen LogP contribution in [0.5, 0.6) is 0 Å². The van der Waals surface area contributed by atoms with Gasteiger partial charge in [0.1, 0.15) is 11.1 Å². The minimum Gasteiger partial charge on any atom is -0.390 e. The number of aryl methyl sites for hydroxylation is 1. The molecule has 0 bridgehead atoms. The molecule has 0 aliphatic carbocycles. The fraction of sp³-hybridized carbons (Fsp3) is 0.438. The van der Waals surface area contributed by atoms with Gasteiger partial charge in [-0.2, -0.15) is 0 Å². The van der Waals surface area contributed by atoms with Crippen molar-refractivity contribution < 1.29 is 15.0 Å². The average molecular weight is 640 g/mol. The van der Waals surface area contributed by atoms with Gasteiger partial charge in [-0.15, -0.1) is 11.8 Å². The highest BCUT2D eigenvalue weighted by atomic mass is 35.5. The van der Waals surface area contributed by atoms with Gasteiger partial charge in [0.2, 0.25) is 6.41 Å². The number of carbonyl (C=O) groups excluding carboxylic acids is 1. The summed E-state index contributed by atoms with van der Waals surface area (Å²) < 4.78 is 0. The number of nitrogens with zero attached hydrogens (tertiary/aromatic N) is 1. The monoisotopic (exact) mass is 638 g/mol. The van der Waals surface area contributed by atoms with E-state index in [-0.39, 0.29) is 6.04 Å². The Morgan fingerprint density at radius 3 is 2.49 bits per heavy atom. The molecule has 3 N–H and O–H groups in total. The molecule has 0 saturated carbocycles. The van der Waals surface area contributed by atoms with Crippen molar-refractivity contribution in [1.82, 2.24) is 10.2 Å². The molecule has 9 heteroatoms. The van der Waals surface area contributed by atoms with Crippen LogP contribution in [0.25, 0.3) is 0 Å². The second-order valence-corrected chi connectivity index (χ2v) is 12.3. The Labute approximate surface area is 266 Å². The molecule has 0 aromatic heterocycles. The third kappa shape index (κ3) is 13.3. The summed E-state index contributed by atoms with van der Waals surface area (Å²) in [5.41, 5.74) is 4.68. The molecule has 1 amide bonds. The number of hydrogen-bond donors (Lipinski definition) is 3. The van der Waals surface area contributed by atoms with Crippen LogP contribution >= 0.6 is 47.2 Å². The predicted molar refractivity (Wildman–Crippen MR) is 181 cm³/mol. The summed E-state index contributed by atoms with van der Waals surface area (Å²) in [6.07, 6.45) is 2.90. The van der Waals surface area contributed by atoms with E-state index in [0.29, 0.717) is 23.0 Å². The first-order chi connectivity index (χ1) is 19.5. The second kappa shape index (κ2) is 20.1. The quantitative estimate of drug-likeness (QED) is 0.181. The van der Waals surface area contributed by atoms with Crippen LogP contribution in [-0.4, -0.2) is 51.8 Å². The van der Waals surface area contributed by atoms with E-state index in [0.717, 1.165) is 46.9 Å². The largest absolute Gasteiger partial charge is 0.390 e. The number of aliphatic hydroxyl groups is 2.